The molecule has 0 radical (unpaired) electrons. The Bertz CT molecular complexity index is 324. The molecule has 0 bridgehead atoms. The first-order valence-electron chi connectivity index (χ1n) is 4.80. The minimum Gasteiger partial charge on any atom is -0.465 e. The summed E-state index contributed by atoms with van der Waals surface area (Å²) < 4.78 is 5.84. The van der Waals surface area contributed by atoms with Crippen LogP contribution in [0.2, 0.25) is 0 Å². The molecular formula is C11H14BrNO2. The third-order valence-electron chi connectivity index (χ3n) is 1.96. The summed E-state index contributed by atoms with van der Waals surface area (Å²) in [4.78, 5) is 11.3. The number of esters is 1. The molecule has 1 aromatic rings. The number of hydrogen-bond acceptors (Lipinski definition) is 3. The quantitative estimate of drug-likeness (QED) is 0.851. The molecule has 0 fully saturated rings. The Hall–Kier alpha value is -0.870. The molecular weight excluding hydrogens is 258 g/mol. The van der Waals surface area contributed by atoms with Gasteiger partial charge in [0.15, 0.2) is 0 Å². The Balaban J connectivity index is 2.54. The zero-order valence-corrected chi connectivity index (χ0v) is 10.2. The molecule has 3 nitrogen and oxygen atoms in total. The fraction of sp³-hybridized carbons (Fsp3) is 0.364. The lowest BCUT2D eigenvalue weighted by Gasteiger charge is -2.10. The number of carbonyl (C=O) groups excluding carboxylic acids is 1. The highest BCUT2D eigenvalue weighted by Gasteiger charge is 2.14. The largest absolute Gasteiger partial charge is 0.465 e. The van der Waals surface area contributed by atoms with Gasteiger partial charge in [-0.2, -0.15) is 0 Å². The third-order valence-corrected chi connectivity index (χ3v) is 2.49. The van der Waals surface area contributed by atoms with Crippen LogP contribution in [0.3, 0.4) is 0 Å². The number of hydrogen-bond donors (Lipinski definition) is 1. The zero-order valence-electron chi connectivity index (χ0n) is 8.57. The fourth-order valence-corrected chi connectivity index (χ4v) is 1.47. The van der Waals surface area contributed by atoms with Crippen LogP contribution in [0.1, 0.15) is 12.5 Å². The average molecular weight is 272 g/mol. The summed E-state index contributed by atoms with van der Waals surface area (Å²) >= 11 is 3.34. The first kappa shape index (κ1) is 12.2. The van der Waals surface area contributed by atoms with Crippen LogP contribution in [0.25, 0.3) is 0 Å². The van der Waals surface area contributed by atoms with E-state index in [0.717, 1.165) is 10.0 Å². The third kappa shape index (κ3) is 4.01. The molecule has 1 unspecified atom stereocenters. The minimum atomic E-state index is -0.578. The lowest BCUT2D eigenvalue weighted by Crippen LogP contribution is -2.34. The number of benzene rings is 1. The monoisotopic (exact) mass is 271 g/mol. The van der Waals surface area contributed by atoms with Crippen molar-refractivity contribution in [3.8, 4) is 0 Å². The summed E-state index contributed by atoms with van der Waals surface area (Å²) in [5, 5.41) is 0. The molecule has 0 saturated heterocycles. The maximum absolute atomic E-state index is 11.3. The van der Waals surface area contributed by atoms with E-state index in [2.05, 4.69) is 15.9 Å². The lowest BCUT2D eigenvalue weighted by atomic mass is 10.1. The maximum Gasteiger partial charge on any atom is 0.323 e. The van der Waals surface area contributed by atoms with Crippen molar-refractivity contribution in [2.45, 2.75) is 19.4 Å². The van der Waals surface area contributed by atoms with Crippen LogP contribution in [-0.2, 0) is 16.0 Å². The molecule has 0 aliphatic carbocycles. The summed E-state index contributed by atoms with van der Waals surface area (Å²) in [7, 11) is 0. The van der Waals surface area contributed by atoms with Gasteiger partial charge in [-0.05, 0) is 31.0 Å². The molecule has 1 rings (SSSR count). The van der Waals surface area contributed by atoms with Crippen molar-refractivity contribution in [3.05, 3.63) is 34.3 Å². The van der Waals surface area contributed by atoms with Crippen LogP contribution in [0.4, 0.5) is 0 Å². The van der Waals surface area contributed by atoms with E-state index in [1.165, 1.54) is 0 Å². The smallest absolute Gasteiger partial charge is 0.323 e. The predicted molar refractivity (Wildman–Crippen MR) is 62.5 cm³/mol. The minimum absolute atomic E-state index is 0.347. The maximum atomic E-state index is 11.3. The molecule has 0 aliphatic rings. The molecule has 0 aliphatic heterocycles. The van der Waals surface area contributed by atoms with E-state index in [4.69, 9.17) is 10.5 Å². The number of halogens is 1. The summed E-state index contributed by atoms with van der Waals surface area (Å²) in [5.74, 6) is -0.347. The van der Waals surface area contributed by atoms with Crippen LogP contribution in [0.5, 0.6) is 0 Å². The summed E-state index contributed by atoms with van der Waals surface area (Å²) in [6, 6.07) is 7.14. The van der Waals surface area contributed by atoms with Crippen molar-refractivity contribution in [1.82, 2.24) is 0 Å². The topological polar surface area (TPSA) is 52.3 Å². The van der Waals surface area contributed by atoms with E-state index in [-0.39, 0.29) is 5.97 Å². The van der Waals surface area contributed by atoms with Gasteiger partial charge in [-0.3, -0.25) is 4.79 Å². The molecule has 0 amide bonds. The van der Waals surface area contributed by atoms with E-state index < -0.39 is 6.04 Å². The van der Waals surface area contributed by atoms with Gasteiger partial charge in [0, 0.05) is 4.47 Å². The van der Waals surface area contributed by atoms with Gasteiger partial charge in [0.05, 0.1) is 6.61 Å². The van der Waals surface area contributed by atoms with Crippen molar-refractivity contribution in [2.24, 2.45) is 5.73 Å². The molecule has 0 aromatic heterocycles. The molecule has 0 spiro atoms. The van der Waals surface area contributed by atoms with Crippen LogP contribution in [0.15, 0.2) is 28.7 Å². The van der Waals surface area contributed by atoms with Gasteiger partial charge in [-0.25, -0.2) is 0 Å². The number of carbonyl (C=O) groups is 1. The van der Waals surface area contributed by atoms with Gasteiger partial charge in [0.2, 0.25) is 0 Å². The van der Waals surface area contributed by atoms with E-state index in [1.54, 1.807) is 6.92 Å². The highest BCUT2D eigenvalue weighted by molar-refractivity contribution is 9.10. The molecule has 1 atom stereocenters. The Morgan fingerprint density at radius 1 is 1.47 bits per heavy atom. The number of rotatable bonds is 4. The van der Waals surface area contributed by atoms with Gasteiger partial charge >= 0.3 is 5.97 Å². The first-order valence-corrected chi connectivity index (χ1v) is 5.59. The Morgan fingerprint density at radius 3 is 2.60 bits per heavy atom. The lowest BCUT2D eigenvalue weighted by molar-refractivity contribution is -0.144. The second-order valence-electron chi connectivity index (χ2n) is 3.19. The highest BCUT2D eigenvalue weighted by atomic mass is 79.9. The zero-order chi connectivity index (χ0) is 11.3. The van der Waals surface area contributed by atoms with Crippen molar-refractivity contribution in [1.29, 1.82) is 0 Å². The van der Waals surface area contributed by atoms with Crippen molar-refractivity contribution in [2.75, 3.05) is 6.61 Å². The van der Waals surface area contributed by atoms with E-state index in [0.29, 0.717) is 13.0 Å². The van der Waals surface area contributed by atoms with Gasteiger partial charge in [-0.1, -0.05) is 28.1 Å². The van der Waals surface area contributed by atoms with E-state index in [9.17, 15) is 4.79 Å². The molecule has 2 N–H and O–H groups in total. The predicted octanol–water partition coefficient (Wildman–Crippen LogP) is 1.88. The Morgan fingerprint density at radius 2 is 2.07 bits per heavy atom. The molecule has 0 saturated carbocycles. The van der Waals surface area contributed by atoms with E-state index in [1.807, 2.05) is 24.3 Å². The SMILES string of the molecule is CCOC(=O)C(N)Cc1ccc(Br)cc1. The first-order chi connectivity index (χ1) is 7.13. The standard InChI is InChI=1S/C11H14BrNO2/c1-2-15-11(14)10(13)7-8-3-5-9(12)6-4-8/h3-6,10H,2,7,13H2,1H3. The average Bonchev–Trinajstić information content (AvgIpc) is 2.22. The van der Waals surface area contributed by atoms with E-state index >= 15 is 0 Å². The van der Waals surface area contributed by atoms with Crippen LogP contribution < -0.4 is 5.73 Å². The Labute approximate surface area is 97.7 Å². The van der Waals surface area contributed by atoms with Gasteiger partial charge in [-0.15, -0.1) is 0 Å². The summed E-state index contributed by atoms with van der Waals surface area (Å²) in [6.45, 7) is 2.14. The molecule has 4 heteroatoms. The van der Waals surface area contributed by atoms with Gasteiger partial charge in [0.25, 0.3) is 0 Å². The molecule has 1 aromatic carbocycles. The molecule has 15 heavy (non-hydrogen) atoms. The van der Waals surface area contributed by atoms with Crippen LogP contribution >= 0.6 is 15.9 Å². The van der Waals surface area contributed by atoms with Crippen molar-refractivity contribution >= 4 is 21.9 Å². The second-order valence-corrected chi connectivity index (χ2v) is 4.10. The summed E-state index contributed by atoms with van der Waals surface area (Å²) in [5.41, 5.74) is 6.71. The molecule has 0 heterocycles. The molecule has 82 valence electrons. The van der Waals surface area contributed by atoms with Crippen LogP contribution in [-0.4, -0.2) is 18.6 Å². The Kier molecular flexibility index (Phi) is 4.78. The van der Waals surface area contributed by atoms with Gasteiger partial charge < -0.3 is 10.5 Å². The van der Waals surface area contributed by atoms with Crippen molar-refractivity contribution < 1.29 is 9.53 Å². The summed E-state index contributed by atoms with van der Waals surface area (Å²) in [6.07, 6.45) is 0.506. The van der Waals surface area contributed by atoms with Crippen molar-refractivity contribution in [3.63, 3.8) is 0 Å². The van der Waals surface area contributed by atoms with Gasteiger partial charge in [0.1, 0.15) is 6.04 Å². The second kappa shape index (κ2) is 5.88. The number of nitrogens with two attached hydrogens (primary N) is 1. The fourth-order valence-electron chi connectivity index (χ4n) is 1.21. The number of ether oxygens (including phenoxy) is 1. The normalized spacial score (nSPS) is 12.2. The van der Waals surface area contributed by atoms with Crippen LogP contribution in [0, 0.1) is 0 Å². The highest BCUT2D eigenvalue weighted by Crippen LogP contribution is 2.11.